The average Bonchev–Trinajstić information content (AvgIpc) is 2.92. The maximum Gasteiger partial charge on any atom is 0.170 e. The van der Waals surface area contributed by atoms with Gasteiger partial charge in [0.25, 0.3) is 0 Å². The Hall–Kier alpha value is -1.88. The van der Waals surface area contributed by atoms with E-state index in [2.05, 4.69) is 0 Å². The zero-order chi connectivity index (χ0) is 13.7. The van der Waals surface area contributed by atoms with E-state index in [0.29, 0.717) is 36.6 Å². The van der Waals surface area contributed by atoms with Crippen LogP contribution in [0.25, 0.3) is 0 Å². The summed E-state index contributed by atoms with van der Waals surface area (Å²) in [6.07, 6.45) is 1.26. The first-order valence-electron chi connectivity index (χ1n) is 6.14. The van der Waals surface area contributed by atoms with Crippen LogP contribution < -0.4 is 9.47 Å². The van der Waals surface area contributed by atoms with Crippen LogP contribution in [0.2, 0.25) is 0 Å². The van der Waals surface area contributed by atoms with E-state index in [4.69, 9.17) is 14.2 Å². The number of ketones is 1. The molecule has 1 aliphatic rings. The summed E-state index contributed by atoms with van der Waals surface area (Å²) in [7, 11) is 1.54. The number of Topliss-reactive ketones (excluding diaryl/α,β-unsaturated/α-hetero) is 1. The van der Waals surface area contributed by atoms with Crippen molar-refractivity contribution in [2.24, 2.45) is 0 Å². The lowest BCUT2D eigenvalue weighted by molar-refractivity contribution is -0.107. The Labute approximate surface area is 111 Å². The molecule has 1 aromatic rings. The van der Waals surface area contributed by atoms with Gasteiger partial charge in [0.2, 0.25) is 0 Å². The molecule has 2 rings (SSSR count). The van der Waals surface area contributed by atoms with Crippen LogP contribution >= 0.6 is 0 Å². The number of benzene rings is 1. The molecule has 0 spiro atoms. The molecule has 1 fully saturated rings. The molecule has 0 aliphatic carbocycles. The summed E-state index contributed by atoms with van der Waals surface area (Å²) in [6, 6.07) is 4.91. The quantitative estimate of drug-likeness (QED) is 0.444. The smallest absolute Gasteiger partial charge is 0.170 e. The number of hydrogen-bond acceptors (Lipinski definition) is 5. The molecule has 1 aliphatic heterocycles. The van der Waals surface area contributed by atoms with E-state index in [1.165, 1.54) is 0 Å². The van der Waals surface area contributed by atoms with Gasteiger partial charge >= 0.3 is 0 Å². The topological polar surface area (TPSA) is 61.8 Å². The third kappa shape index (κ3) is 3.32. The standard InChI is InChI=1S/C14H16O5/c1-17-13-3-2-10(12(16)4-6-15)8-14(13)19-11-5-7-18-9-11/h2-3,6,8,11H,4-5,7,9H2,1H3/t11-/m1/s1. The Balaban J connectivity index is 2.20. The minimum Gasteiger partial charge on any atom is -0.493 e. The van der Waals surface area contributed by atoms with Crippen molar-refractivity contribution in [3.63, 3.8) is 0 Å². The molecule has 0 saturated carbocycles. The molecule has 0 aromatic heterocycles. The number of ether oxygens (including phenoxy) is 3. The molecule has 19 heavy (non-hydrogen) atoms. The summed E-state index contributed by atoms with van der Waals surface area (Å²) >= 11 is 0. The molecular weight excluding hydrogens is 248 g/mol. The van der Waals surface area contributed by atoms with E-state index in [1.807, 2.05) is 0 Å². The Kier molecular flexibility index (Phi) is 4.52. The number of carbonyl (C=O) groups is 2. The predicted octanol–water partition coefficient (Wildman–Crippen LogP) is 1.63. The van der Waals surface area contributed by atoms with Crippen molar-refractivity contribution in [2.75, 3.05) is 20.3 Å². The Morgan fingerprint density at radius 1 is 1.47 bits per heavy atom. The summed E-state index contributed by atoms with van der Waals surface area (Å²) in [5.41, 5.74) is 0.446. The van der Waals surface area contributed by atoms with Gasteiger partial charge in [-0.3, -0.25) is 4.79 Å². The fourth-order valence-corrected chi connectivity index (χ4v) is 1.92. The third-order valence-electron chi connectivity index (χ3n) is 2.94. The Morgan fingerprint density at radius 2 is 2.32 bits per heavy atom. The fourth-order valence-electron chi connectivity index (χ4n) is 1.92. The largest absolute Gasteiger partial charge is 0.493 e. The lowest BCUT2D eigenvalue weighted by Crippen LogP contribution is -2.16. The summed E-state index contributed by atoms with van der Waals surface area (Å²) in [5, 5.41) is 0. The first kappa shape index (κ1) is 13.5. The van der Waals surface area contributed by atoms with Crippen LogP contribution in [0.1, 0.15) is 23.2 Å². The van der Waals surface area contributed by atoms with Gasteiger partial charge in [-0.25, -0.2) is 0 Å². The van der Waals surface area contributed by atoms with E-state index in [-0.39, 0.29) is 18.3 Å². The van der Waals surface area contributed by atoms with Gasteiger partial charge < -0.3 is 19.0 Å². The number of methoxy groups -OCH3 is 1. The molecule has 0 amide bonds. The van der Waals surface area contributed by atoms with Gasteiger partial charge in [0.15, 0.2) is 17.3 Å². The van der Waals surface area contributed by atoms with Gasteiger partial charge in [-0.1, -0.05) is 0 Å². The highest BCUT2D eigenvalue weighted by molar-refractivity contribution is 6.03. The van der Waals surface area contributed by atoms with Crippen molar-refractivity contribution in [1.29, 1.82) is 0 Å². The molecule has 1 atom stereocenters. The average molecular weight is 264 g/mol. The predicted molar refractivity (Wildman–Crippen MR) is 67.9 cm³/mol. The molecule has 1 aromatic carbocycles. The van der Waals surface area contributed by atoms with Crippen LogP contribution in [0.3, 0.4) is 0 Å². The van der Waals surface area contributed by atoms with Crippen molar-refractivity contribution < 1.29 is 23.8 Å². The Morgan fingerprint density at radius 3 is 2.95 bits per heavy atom. The Bertz CT molecular complexity index is 463. The first-order valence-corrected chi connectivity index (χ1v) is 6.14. The molecule has 102 valence electrons. The third-order valence-corrected chi connectivity index (χ3v) is 2.94. The number of hydrogen-bond donors (Lipinski definition) is 0. The highest BCUT2D eigenvalue weighted by atomic mass is 16.6. The molecule has 0 radical (unpaired) electrons. The lowest BCUT2D eigenvalue weighted by Gasteiger charge is -2.15. The molecule has 5 nitrogen and oxygen atoms in total. The highest BCUT2D eigenvalue weighted by Crippen LogP contribution is 2.30. The van der Waals surface area contributed by atoms with Crippen LogP contribution in [0.4, 0.5) is 0 Å². The zero-order valence-electron chi connectivity index (χ0n) is 10.8. The van der Waals surface area contributed by atoms with E-state index in [1.54, 1.807) is 25.3 Å². The maximum absolute atomic E-state index is 11.7. The van der Waals surface area contributed by atoms with Crippen LogP contribution in [0, 0.1) is 0 Å². The molecule has 0 bridgehead atoms. The van der Waals surface area contributed by atoms with Crippen LogP contribution in [-0.4, -0.2) is 38.5 Å². The van der Waals surface area contributed by atoms with E-state index in [9.17, 15) is 9.59 Å². The summed E-state index contributed by atoms with van der Waals surface area (Å²) in [6.45, 7) is 1.21. The highest BCUT2D eigenvalue weighted by Gasteiger charge is 2.20. The van der Waals surface area contributed by atoms with Gasteiger partial charge in [0.05, 0.1) is 26.7 Å². The summed E-state index contributed by atoms with van der Waals surface area (Å²) in [5.74, 6) is 0.842. The van der Waals surface area contributed by atoms with E-state index < -0.39 is 0 Å². The zero-order valence-corrected chi connectivity index (χ0v) is 10.8. The SMILES string of the molecule is COc1ccc(C(=O)CC=O)cc1O[C@@H]1CCOC1. The van der Waals surface area contributed by atoms with Gasteiger partial charge in [-0.05, 0) is 18.2 Å². The van der Waals surface area contributed by atoms with Crippen molar-refractivity contribution in [1.82, 2.24) is 0 Å². The molecule has 0 N–H and O–H groups in total. The second-order valence-electron chi connectivity index (χ2n) is 4.26. The van der Waals surface area contributed by atoms with Crippen molar-refractivity contribution in [3.8, 4) is 11.5 Å². The molecule has 5 heteroatoms. The van der Waals surface area contributed by atoms with Crippen molar-refractivity contribution in [3.05, 3.63) is 23.8 Å². The fraction of sp³-hybridized carbons (Fsp3) is 0.429. The number of rotatable bonds is 6. The molecule has 1 heterocycles. The second kappa shape index (κ2) is 6.33. The summed E-state index contributed by atoms with van der Waals surface area (Å²) in [4.78, 5) is 22.1. The van der Waals surface area contributed by atoms with Gasteiger partial charge in [-0.2, -0.15) is 0 Å². The van der Waals surface area contributed by atoms with E-state index in [0.717, 1.165) is 6.42 Å². The van der Waals surface area contributed by atoms with Gasteiger partial charge in [0.1, 0.15) is 12.4 Å². The minimum atomic E-state index is -0.231. The van der Waals surface area contributed by atoms with Crippen molar-refractivity contribution in [2.45, 2.75) is 18.9 Å². The normalized spacial score (nSPS) is 18.1. The maximum atomic E-state index is 11.7. The monoisotopic (exact) mass is 264 g/mol. The summed E-state index contributed by atoms with van der Waals surface area (Å²) < 4.78 is 16.2. The minimum absolute atomic E-state index is 0.0228. The first-order chi connectivity index (χ1) is 9.24. The molecule has 1 saturated heterocycles. The number of carbonyl (C=O) groups excluding carboxylic acids is 2. The second-order valence-corrected chi connectivity index (χ2v) is 4.26. The van der Waals surface area contributed by atoms with Gasteiger partial charge in [0, 0.05) is 12.0 Å². The number of aldehydes is 1. The van der Waals surface area contributed by atoms with Gasteiger partial charge in [-0.15, -0.1) is 0 Å². The van der Waals surface area contributed by atoms with Crippen molar-refractivity contribution >= 4 is 12.1 Å². The molecular formula is C14H16O5. The van der Waals surface area contributed by atoms with Crippen LogP contribution in [0.5, 0.6) is 11.5 Å². The van der Waals surface area contributed by atoms with E-state index >= 15 is 0 Å². The van der Waals surface area contributed by atoms with Crippen LogP contribution in [-0.2, 0) is 9.53 Å². The van der Waals surface area contributed by atoms with Crippen LogP contribution in [0.15, 0.2) is 18.2 Å². The molecule has 0 unspecified atom stereocenters. The lowest BCUT2D eigenvalue weighted by atomic mass is 10.1.